The molecule has 1 atom stereocenters. The van der Waals surface area contributed by atoms with E-state index in [0.29, 0.717) is 19.5 Å². The topological polar surface area (TPSA) is 96.7 Å². The summed E-state index contributed by atoms with van der Waals surface area (Å²) in [7, 11) is 0. The molecule has 0 aromatic heterocycles. The molecule has 12 heavy (non-hydrogen) atoms. The highest BCUT2D eigenvalue weighted by molar-refractivity contribution is 5.56. The van der Waals surface area contributed by atoms with Crippen LogP contribution in [0.4, 0.5) is 0 Å². The summed E-state index contributed by atoms with van der Waals surface area (Å²) < 4.78 is 0. The van der Waals surface area contributed by atoms with Crippen LogP contribution in [-0.4, -0.2) is 43.7 Å². The van der Waals surface area contributed by atoms with E-state index in [1.54, 1.807) is 6.34 Å². The number of nitrogens with one attached hydrogen (secondary N) is 1. The first kappa shape index (κ1) is 11.4. The van der Waals surface area contributed by atoms with Crippen LogP contribution in [0.3, 0.4) is 0 Å². The van der Waals surface area contributed by atoms with Crippen molar-refractivity contribution >= 4 is 6.34 Å². The second-order valence-corrected chi connectivity index (χ2v) is 2.46. The number of nitrogens with two attached hydrogens (primary N) is 2. The Balaban J connectivity index is 0.000000211. The van der Waals surface area contributed by atoms with Gasteiger partial charge in [0.15, 0.2) is 0 Å². The highest BCUT2D eigenvalue weighted by Gasteiger charge is 1.95. The lowest BCUT2D eigenvalue weighted by Crippen LogP contribution is -2.22. The van der Waals surface area contributed by atoms with Crippen LogP contribution in [0.15, 0.2) is 4.99 Å². The van der Waals surface area contributed by atoms with Gasteiger partial charge in [-0.2, -0.15) is 0 Å². The van der Waals surface area contributed by atoms with E-state index in [2.05, 4.69) is 10.3 Å². The monoisotopic (exact) mass is 174 g/mol. The Hall–Kier alpha value is -0.650. The first-order valence-electron chi connectivity index (χ1n) is 4.11. The second-order valence-electron chi connectivity index (χ2n) is 2.46. The lowest BCUT2D eigenvalue weighted by atomic mass is 10.3. The predicted octanol–water partition coefficient (Wildman–Crippen LogP) is -1.73. The van der Waals surface area contributed by atoms with E-state index in [4.69, 9.17) is 16.6 Å². The van der Waals surface area contributed by atoms with Crippen molar-refractivity contribution in [3.63, 3.8) is 0 Å². The molecule has 0 saturated heterocycles. The van der Waals surface area contributed by atoms with Crippen LogP contribution < -0.4 is 16.8 Å². The molecule has 0 aromatic rings. The Morgan fingerprint density at radius 2 is 2.33 bits per heavy atom. The Labute approximate surface area is 72.8 Å². The smallest absolute Gasteiger partial charge is 0.0825 e. The summed E-state index contributed by atoms with van der Waals surface area (Å²) in [5.41, 5.74) is 10.1. The van der Waals surface area contributed by atoms with E-state index in [1.165, 1.54) is 0 Å². The van der Waals surface area contributed by atoms with Gasteiger partial charge in [-0.25, -0.2) is 0 Å². The Morgan fingerprint density at radius 1 is 1.58 bits per heavy atom. The molecule has 6 N–H and O–H groups in total. The zero-order valence-electron chi connectivity index (χ0n) is 7.24. The molecular weight excluding hydrogens is 156 g/mol. The molecule has 0 radical (unpaired) electrons. The van der Waals surface area contributed by atoms with Gasteiger partial charge in [0.1, 0.15) is 0 Å². The standard InChI is InChI=1S/C4H12N2O.C3H6N2/c5-2-1-4(7)3-6;1-2-5-3-4-1/h4,7H,1-3,5-6H2;3H,1-2H2,(H,4,5). The molecule has 1 rings (SSSR count). The molecule has 5 nitrogen and oxygen atoms in total. The quantitative estimate of drug-likeness (QED) is 0.409. The first-order valence-corrected chi connectivity index (χ1v) is 4.11. The third-order valence-corrected chi connectivity index (χ3v) is 1.34. The molecule has 0 bridgehead atoms. The fourth-order valence-electron chi connectivity index (χ4n) is 0.633. The van der Waals surface area contributed by atoms with Gasteiger partial charge < -0.3 is 21.9 Å². The number of hydrogen-bond donors (Lipinski definition) is 4. The van der Waals surface area contributed by atoms with Gasteiger partial charge in [0.05, 0.1) is 19.0 Å². The van der Waals surface area contributed by atoms with E-state index in [0.717, 1.165) is 13.1 Å². The highest BCUT2D eigenvalue weighted by atomic mass is 16.3. The Kier molecular flexibility index (Phi) is 7.99. The lowest BCUT2D eigenvalue weighted by Gasteiger charge is -2.01. The van der Waals surface area contributed by atoms with Crippen LogP contribution in [0.2, 0.25) is 0 Å². The average Bonchev–Trinajstić information content (AvgIpc) is 2.62. The number of nitrogens with zero attached hydrogens (tertiary/aromatic N) is 1. The van der Waals surface area contributed by atoms with Crippen molar-refractivity contribution in [1.29, 1.82) is 0 Å². The molecular formula is C7H18N4O. The van der Waals surface area contributed by atoms with Gasteiger partial charge in [-0.3, -0.25) is 4.99 Å². The van der Waals surface area contributed by atoms with E-state index in [1.807, 2.05) is 0 Å². The Bertz CT molecular complexity index is 112. The summed E-state index contributed by atoms with van der Waals surface area (Å²) in [6, 6.07) is 0. The van der Waals surface area contributed by atoms with Crippen molar-refractivity contribution in [2.75, 3.05) is 26.2 Å². The van der Waals surface area contributed by atoms with Gasteiger partial charge in [0.25, 0.3) is 0 Å². The van der Waals surface area contributed by atoms with Crippen molar-refractivity contribution in [2.45, 2.75) is 12.5 Å². The maximum absolute atomic E-state index is 8.65. The molecule has 72 valence electrons. The molecule has 5 heteroatoms. The minimum atomic E-state index is -0.398. The summed E-state index contributed by atoms with van der Waals surface area (Å²) in [5.74, 6) is 0. The largest absolute Gasteiger partial charge is 0.392 e. The first-order chi connectivity index (χ1) is 5.81. The fourth-order valence-corrected chi connectivity index (χ4v) is 0.633. The fraction of sp³-hybridized carbons (Fsp3) is 0.857. The van der Waals surface area contributed by atoms with Crippen molar-refractivity contribution in [1.82, 2.24) is 5.32 Å². The summed E-state index contributed by atoms with van der Waals surface area (Å²) >= 11 is 0. The maximum atomic E-state index is 8.65. The van der Waals surface area contributed by atoms with Gasteiger partial charge in [-0.05, 0) is 13.0 Å². The summed E-state index contributed by atoms with van der Waals surface area (Å²) in [5, 5.41) is 11.6. The molecule has 0 aromatic carbocycles. The second kappa shape index (κ2) is 8.45. The van der Waals surface area contributed by atoms with E-state index >= 15 is 0 Å². The van der Waals surface area contributed by atoms with Crippen molar-refractivity contribution in [2.24, 2.45) is 16.5 Å². The predicted molar refractivity (Wildman–Crippen MR) is 50.1 cm³/mol. The molecule has 0 saturated carbocycles. The maximum Gasteiger partial charge on any atom is 0.0825 e. The third-order valence-electron chi connectivity index (χ3n) is 1.34. The number of rotatable bonds is 3. The van der Waals surface area contributed by atoms with Crippen LogP contribution in [-0.2, 0) is 0 Å². The Morgan fingerprint density at radius 3 is 2.50 bits per heavy atom. The van der Waals surface area contributed by atoms with Crippen LogP contribution in [0.5, 0.6) is 0 Å². The molecule has 0 fully saturated rings. The number of aliphatic imine (C=N–C) groups is 1. The van der Waals surface area contributed by atoms with Crippen LogP contribution in [0.25, 0.3) is 0 Å². The molecule has 1 aliphatic heterocycles. The molecule has 1 aliphatic rings. The molecule has 0 amide bonds. The number of aliphatic hydroxyl groups excluding tert-OH is 1. The van der Waals surface area contributed by atoms with E-state index in [-0.39, 0.29) is 0 Å². The number of hydrogen-bond acceptors (Lipinski definition) is 5. The third kappa shape index (κ3) is 7.46. The van der Waals surface area contributed by atoms with Gasteiger partial charge in [0.2, 0.25) is 0 Å². The molecule has 1 heterocycles. The van der Waals surface area contributed by atoms with Gasteiger partial charge in [-0.1, -0.05) is 0 Å². The average molecular weight is 174 g/mol. The minimum absolute atomic E-state index is 0.317. The van der Waals surface area contributed by atoms with Gasteiger partial charge >= 0.3 is 0 Å². The molecule has 1 unspecified atom stereocenters. The van der Waals surface area contributed by atoms with Crippen LogP contribution in [0, 0.1) is 0 Å². The van der Waals surface area contributed by atoms with Crippen molar-refractivity contribution in [3.8, 4) is 0 Å². The highest BCUT2D eigenvalue weighted by Crippen LogP contribution is 1.81. The molecule has 0 aliphatic carbocycles. The SMILES string of the molecule is C1=NCCN1.NCCC(O)CN. The van der Waals surface area contributed by atoms with Crippen LogP contribution in [0.1, 0.15) is 6.42 Å². The molecule has 0 spiro atoms. The van der Waals surface area contributed by atoms with Gasteiger partial charge in [-0.15, -0.1) is 0 Å². The zero-order chi connectivity index (χ0) is 9.23. The normalized spacial score (nSPS) is 16.2. The van der Waals surface area contributed by atoms with Crippen LogP contribution >= 0.6 is 0 Å². The van der Waals surface area contributed by atoms with Crippen molar-refractivity contribution < 1.29 is 5.11 Å². The summed E-state index contributed by atoms with van der Waals surface area (Å²) in [6.45, 7) is 2.82. The van der Waals surface area contributed by atoms with E-state index < -0.39 is 6.10 Å². The summed E-state index contributed by atoms with van der Waals surface area (Å²) in [4.78, 5) is 3.85. The van der Waals surface area contributed by atoms with E-state index in [9.17, 15) is 0 Å². The zero-order valence-corrected chi connectivity index (χ0v) is 7.24. The van der Waals surface area contributed by atoms with Gasteiger partial charge in [0, 0.05) is 13.1 Å². The summed E-state index contributed by atoms with van der Waals surface area (Å²) in [6.07, 6.45) is 1.95. The lowest BCUT2D eigenvalue weighted by molar-refractivity contribution is 0.175. The van der Waals surface area contributed by atoms with Crippen molar-refractivity contribution in [3.05, 3.63) is 0 Å². The minimum Gasteiger partial charge on any atom is -0.392 e. The number of aliphatic hydroxyl groups is 1.